The third-order valence-corrected chi connectivity index (χ3v) is 4.85. The second-order valence-electron chi connectivity index (χ2n) is 5.72. The van der Waals surface area contributed by atoms with Crippen molar-refractivity contribution < 1.29 is 9.18 Å². The highest BCUT2D eigenvalue weighted by atomic mass is 79.9. The lowest BCUT2D eigenvalue weighted by Gasteiger charge is -2.42. The van der Waals surface area contributed by atoms with Crippen molar-refractivity contribution in [3.8, 4) is 0 Å². The number of benzene rings is 1. The molecule has 0 aliphatic carbocycles. The molecule has 5 heteroatoms. The van der Waals surface area contributed by atoms with Crippen molar-refractivity contribution in [2.45, 2.75) is 31.8 Å². The zero-order valence-corrected chi connectivity index (χ0v) is 13.1. The quantitative estimate of drug-likeness (QED) is 0.784. The molecule has 2 atom stereocenters. The number of carbonyl (C=O) groups excluding carboxylic acids is 1. The molecular formula is C15H18BrFN2O. The van der Waals surface area contributed by atoms with Gasteiger partial charge in [0, 0.05) is 29.6 Å². The summed E-state index contributed by atoms with van der Waals surface area (Å²) >= 11 is 3.30. The van der Waals surface area contributed by atoms with Gasteiger partial charge in [-0.15, -0.1) is 0 Å². The molecule has 2 aliphatic heterocycles. The van der Waals surface area contributed by atoms with Crippen molar-refractivity contribution in [3.05, 3.63) is 34.1 Å². The lowest BCUT2D eigenvalue weighted by Crippen LogP contribution is -2.56. The maximum atomic E-state index is 13.9. The number of halogens is 2. The smallest absolute Gasteiger partial charge is 0.257 e. The topological polar surface area (TPSA) is 23.6 Å². The molecule has 0 aromatic heterocycles. The van der Waals surface area contributed by atoms with Crippen LogP contribution >= 0.6 is 15.9 Å². The molecule has 3 nitrogen and oxygen atoms in total. The van der Waals surface area contributed by atoms with E-state index < -0.39 is 5.82 Å². The Morgan fingerprint density at radius 3 is 3.00 bits per heavy atom. The molecule has 0 bridgehead atoms. The number of carbonyl (C=O) groups is 1. The first-order chi connectivity index (χ1) is 9.56. The highest BCUT2D eigenvalue weighted by molar-refractivity contribution is 9.10. The van der Waals surface area contributed by atoms with Gasteiger partial charge in [0.1, 0.15) is 5.82 Å². The predicted molar refractivity (Wildman–Crippen MR) is 79.2 cm³/mol. The Labute approximate surface area is 126 Å². The molecule has 3 rings (SSSR count). The summed E-state index contributed by atoms with van der Waals surface area (Å²) in [6.45, 7) is 4.78. The van der Waals surface area contributed by atoms with E-state index in [0.717, 1.165) is 24.0 Å². The molecule has 0 saturated carbocycles. The largest absolute Gasteiger partial charge is 0.333 e. The number of rotatable bonds is 1. The SMILES string of the molecule is CC1CN2CCCC2CN1C(=O)c1cc(Br)ccc1F. The van der Waals surface area contributed by atoms with Crippen molar-refractivity contribution in [2.24, 2.45) is 0 Å². The summed E-state index contributed by atoms with van der Waals surface area (Å²) in [5.74, 6) is -0.637. The summed E-state index contributed by atoms with van der Waals surface area (Å²) in [7, 11) is 0. The number of fused-ring (bicyclic) bond motifs is 1. The summed E-state index contributed by atoms with van der Waals surface area (Å²) in [6, 6.07) is 5.12. The van der Waals surface area contributed by atoms with Gasteiger partial charge in [0.2, 0.25) is 0 Å². The second-order valence-corrected chi connectivity index (χ2v) is 6.64. The van der Waals surface area contributed by atoms with Gasteiger partial charge >= 0.3 is 0 Å². The second kappa shape index (κ2) is 5.45. The molecule has 2 aliphatic rings. The Morgan fingerprint density at radius 2 is 2.20 bits per heavy atom. The fourth-order valence-electron chi connectivity index (χ4n) is 3.29. The maximum absolute atomic E-state index is 13.9. The van der Waals surface area contributed by atoms with Crippen molar-refractivity contribution >= 4 is 21.8 Å². The monoisotopic (exact) mass is 340 g/mol. The molecule has 0 spiro atoms. The molecule has 2 heterocycles. The summed E-state index contributed by atoms with van der Waals surface area (Å²) < 4.78 is 14.6. The van der Waals surface area contributed by atoms with Gasteiger partial charge in [0.15, 0.2) is 0 Å². The third kappa shape index (κ3) is 2.49. The van der Waals surface area contributed by atoms with E-state index in [0.29, 0.717) is 12.6 Å². The Hall–Kier alpha value is -0.940. The van der Waals surface area contributed by atoms with Gasteiger partial charge in [-0.25, -0.2) is 4.39 Å². The number of amides is 1. The summed E-state index contributed by atoms with van der Waals surface area (Å²) in [6.07, 6.45) is 2.34. The molecule has 108 valence electrons. The Morgan fingerprint density at radius 1 is 1.40 bits per heavy atom. The highest BCUT2D eigenvalue weighted by Gasteiger charge is 2.37. The van der Waals surface area contributed by atoms with Crippen molar-refractivity contribution in [1.29, 1.82) is 0 Å². The molecule has 1 aromatic carbocycles. The highest BCUT2D eigenvalue weighted by Crippen LogP contribution is 2.26. The zero-order chi connectivity index (χ0) is 14.3. The van der Waals surface area contributed by atoms with Crippen LogP contribution < -0.4 is 0 Å². The molecule has 1 aromatic rings. The van der Waals surface area contributed by atoms with Crippen molar-refractivity contribution in [3.63, 3.8) is 0 Å². The van der Waals surface area contributed by atoms with Gasteiger partial charge in [-0.2, -0.15) is 0 Å². The van der Waals surface area contributed by atoms with Crippen LogP contribution in [0.3, 0.4) is 0 Å². The van der Waals surface area contributed by atoms with E-state index in [1.54, 1.807) is 12.1 Å². The molecule has 0 N–H and O–H groups in total. The molecule has 2 saturated heterocycles. The number of hydrogen-bond acceptors (Lipinski definition) is 2. The normalized spacial score (nSPS) is 26.6. The lowest BCUT2D eigenvalue weighted by atomic mass is 10.1. The summed E-state index contributed by atoms with van der Waals surface area (Å²) in [5, 5.41) is 0. The molecule has 1 amide bonds. The average molecular weight is 341 g/mol. The number of piperazine rings is 1. The van der Waals surface area contributed by atoms with Crippen LogP contribution in [0.15, 0.2) is 22.7 Å². The van der Waals surface area contributed by atoms with Crippen molar-refractivity contribution in [1.82, 2.24) is 9.80 Å². The Bertz CT molecular complexity index is 537. The summed E-state index contributed by atoms with van der Waals surface area (Å²) in [4.78, 5) is 16.9. The number of hydrogen-bond donors (Lipinski definition) is 0. The fourth-order valence-corrected chi connectivity index (χ4v) is 3.65. The van der Waals surface area contributed by atoms with Crippen LogP contribution in [0.1, 0.15) is 30.1 Å². The first kappa shape index (κ1) is 14.0. The van der Waals surface area contributed by atoms with Crippen molar-refractivity contribution in [2.75, 3.05) is 19.6 Å². The molecule has 2 unspecified atom stereocenters. The first-order valence-corrected chi connectivity index (χ1v) is 7.85. The van der Waals surface area contributed by atoms with Gasteiger partial charge in [-0.05, 0) is 44.5 Å². The van der Waals surface area contributed by atoms with E-state index in [9.17, 15) is 9.18 Å². The molecule has 0 radical (unpaired) electrons. The minimum atomic E-state index is -0.445. The van der Waals surface area contributed by atoms with Crippen LogP contribution in [0.25, 0.3) is 0 Å². The van der Waals surface area contributed by atoms with Crippen LogP contribution in [-0.2, 0) is 0 Å². The van der Waals surface area contributed by atoms with Gasteiger partial charge in [0.05, 0.1) is 5.56 Å². The standard InChI is InChI=1S/C15H18BrFN2O/c1-10-8-18-6-2-3-12(18)9-19(10)15(20)13-7-11(16)4-5-14(13)17/h4-5,7,10,12H,2-3,6,8-9H2,1H3. The fraction of sp³-hybridized carbons (Fsp3) is 0.533. The summed E-state index contributed by atoms with van der Waals surface area (Å²) in [5.41, 5.74) is 0.165. The van der Waals surface area contributed by atoms with E-state index in [1.807, 2.05) is 11.8 Å². The maximum Gasteiger partial charge on any atom is 0.257 e. The van der Waals surface area contributed by atoms with Gasteiger partial charge in [-0.3, -0.25) is 9.69 Å². The Kier molecular flexibility index (Phi) is 3.82. The van der Waals surface area contributed by atoms with Crippen LogP contribution in [0.5, 0.6) is 0 Å². The molecular weight excluding hydrogens is 323 g/mol. The minimum Gasteiger partial charge on any atom is -0.333 e. The average Bonchev–Trinajstić information content (AvgIpc) is 2.87. The predicted octanol–water partition coefficient (Wildman–Crippen LogP) is 2.90. The minimum absolute atomic E-state index is 0.134. The third-order valence-electron chi connectivity index (χ3n) is 4.36. The van der Waals surface area contributed by atoms with E-state index in [1.165, 1.54) is 12.5 Å². The first-order valence-electron chi connectivity index (χ1n) is 7.06. The van der Waals surface area contributed by atoms with Gasteiger partial charge in [-0.1, -0.05) is 15.9 Å². The molecule has 2 fully saturated rings. The molecule has 20 heavy (non-hydrogen) atoms. The van der Waals surface area contributed by atoms with Crippen LogP contribution in [0.2, 0.25) is 0 Å². The van der Waals surface area contributed by atoms with Crippen LogP contribution in [0, 0.1) is 5.82 Å². The lowest BCUT2D eigenvalue weighted by molar-refractivity contribution is 0.0391. The number of nitrogens with zero attached hydrogens (tertiary/aromatic N) is 2. The van der Waals surface area contributed by atoms with Crippen LogP contribution in [0.4, 0.5) is 4.39 Å². The Balaban J connectivity index is 1.84. The zero-order valence-electron chi connectivity index (χ0n) is 11.5. The van der Waals surface area contributed by atoms with Gasteiger partial charge in [0.25, 0.3) is 5.91 Å². The van der Waals surface area contributed by atoms with Gasteiger partial charge < -0.3 is 4.90 Å². The van der Waals surface area contributed by atoms with Crippen LogP contribution in [-0.4, -0.2) is 47.4 Å². The van der Waals surface area contributed by atoms with E-state index in [2.05, 4.69) is 20.8 Å². The van der Waals surface area contributed by atoms with E-state index in [4.69, 9.17) is 0 Å². The van der Waals surface area contributed by atoms with E-state index in [-0.39, 0.29) is 17.5 Å². The van der Waals surface area contributed by atoms with E-state index >= 15 is 0 Å².